The van der Waals surface area contributed by atoms with Crippen LogP contribution in [0.3, 0.4) is 0 Å². The zero-order valence-electron chi connectivity index (χ0n) is 17.5. The molecule has 0 atom stereocenters. The summed E-state index contributed by atoms with van der Waals surface area (Å²) < 4.78 is 5.61. The quantitative estimate of drug-likeness (QED) is 0.375. The molecular formula is C23H37NO4. The number of benzene rings is 1. The minimum atomic E-state index is -1.09. The second kappa shape index (κ2) is 15.1. The van der Waals surface area contributed by atoms with Crippen LogP contribution in [0.4, 0.5) is 0 Å². The average Bonchev–Trinajstić information content (AvgIpc) is 2.67. The lowest BCUT2D eigenvalue weighted by Gasteiger charge is -2.08. The van der Waals surface area contributed by atoms with Crippen LogP contribution in [0.2, 0.25) is 0 Å². The van der Waals surface area contributed by atoms with Crippen LogP contribution in [0.15, 0.2) is 24.3 Å². The van der Waals surface area contributed by atoms with Gasteiger partial charge in [0.1, 0.15) is 0 Å². The van der Waals surface area contributed by atoms with Crippen LogP contribution in [-0.4, -0.2) is 36.7 Å². The smallest absolute Gasteiger partial charge is 0.336 e. The second-order valence-corrected chi connectivity index (χ2v) is 7.73. The fourth-order valence-electron chi connectivity index (χ4n) is 3.08. The van der Waals surface area contributed by atoms with Gasteiger partial charge in [0.05, 0.1) is 11.1 Å². The van der Waals surface area contributed by atoms with Gasteiger partial charge in [0.25, 0.3) is 5.91 Å². The molecule has 0 bridgehead atoms. The number of unbranched alkanes of at least 4 members (excludes halogenated alkanes) is 6. The van der Waals surface area contributed by atoms with Gasteiger partial charge >= 0.3 is 5.97 Å². The van der Waals surface area contributed by atoms with Gasteiger partial charge < -0.3 is 15.2 Å². The lowest BCUT2D eigenvalue weighted by Crippen LogP contribution is -2.27. The van der Waals surface area contributed by atoms with Crippen molar-refractivity contribution in [3.05, 3.63) is 35.4 Å². The van der Waals surface area contributed by atoms with Gasteiger partial charge in [0.15, 0.2) is 0 Å². The predicted octanol–water partition coefficient (Wildman–Crippen LogP) is 5.30. The molecule has 2 N–H and O–H groups in total. The summed E-state index contributed by atoms with van der Waals surface area (Å²) in [5, 5.41) is 11.9. The molecule has 1 aromatic rings. The summed E-state index contributed by atoms with van der Waals surface area (Å²) >= 11 is 0. The highest BCUT2D eigenvalue weighted by molar-refractivity contribution is 6.04. The minimum absolute atomic E-state index is 0.0242. The molecule has 28 heavy (non-hydrogen) atoms. The van der Waals surface area contributed by atoms with Crippen LogP contribution in [-0.2, 0) is 4.74 Å². The van der Waals surface area contributed by atoms with Crippen molar-refractivity contribution >= 4 is 11.9 Å². The van der Waals surface area contributed by atoms with Crippen LogP contribution in [0, 0.1) is 5.92 Å². The van der Waals surface area contributed by atoms with Crippen molar-refractivity contribution in [3.8, 4) is 0 Å². The van der Waals surface area contributed by atoms with E-state index in [9.17, 15) is 9.59 Å². The van der Waals surface area contributed by atoms with E-state index in [-0.39, 0.29) is 17.0 Å². The van der Waals surface area contributed by atoms with E-state index in [4.69, 9.17) is 9.84 Å². The average molecular weight is 392 g/mol. The molecule has 0 unspecified atom stereocenters. The van der Waals surface area contributed by atoms with Crippen LogP contribution < -0.4 is 5.32 Å². The predicted molar refractivity (Wildman–Crippen MR) is 113 cm³/mol. The Kier molecular flexibility index (Phi) is 13.0. The van der Waals surface area contributed by atoms with E-state index in [1.165, 1.54) is 57.1 Å². The molecule has 0 radical (unpaired) electrons. The first-order valence-electron chi connectivity index (χ1n) is 10.7. The van der Waals surface area contributed by atoms with Crippen molar-refractivity contribution < 1.29 is 19.4 Å². The van der Waals surface area contributed by atoms with Gasteiger partial charge in [-0.25, -0.2) is 4.79 Å². The number of carboxylic acid groups (broad SMARTS) is 1. The number of hydrogen-bond donors (Lipinski definition) is 2. The molecule has 1 aromatic carbocycles. The molecule has 5 heteroatoms. The normalized spacial score (nSPS) is 11.0. The monoisotopic (exact) mass is 391 g/mol. The van der Waals surface area contributed by atoms with E-state index in [1.54, 1.807) is 12.1 Å². The van der Waals surface area contributed by atoms with Gasteiger partial charge in [-0.15, -0.1) is 0 Å². The Labute approximate surface area is 169 Å². The Morgan fingerprint density at radius 3 is 2.11 bits per heavy atom. The van der Waals surface area contributed by atoms with E-state index in [1.807, 2.05) is 0 Å². The summed E-state index contributed by atoms with van der Waals surface area (Å²) in [4.78, 5) is 23.2. The molecular weight excluding hydrogens is 354 g/mol. The maximum atomic E-state index is 12.1. The van der Waals surface area contributed by atoms with E-state index >= 15 is 0 Å². The SMILES string of the molecule is CC(C)CCCCCCCCCOCCCNC(=O)c1ccccc1C(=O)O. The zero-order valence-corrected chi connectivity index (χ0v) is 17.5. The third-order valence-electron chi connectivity index (χ3n) is 4.72. The van der Waals surface area contributed by atoms with E-state index < -0.39 is 5.97 Å². The first-order valence-corrected chi connectivity index (χ1v) is 10.7. The topological polar surface area (TPSA) is 75.6 Å². The number of carbonyl (C=O) groups excluding carboxylic acids is 1. The third kappa shape index (κ3) is 11.1. The molecule has 1 amide bonds. The number of carboxylic acids is 1. The number of nitrogens with one attached hydrogen (secondary N) is 1. The Morgan fingerprint density at radius 2 is 1.46 bits per heavy atom. The van der Waals surface area contributed by atoms with Gasteiger partial charge in [-0.3, -0.25) is 4.79 Å². The summed E-state index contributed by atoms with van der Waals surface area (Å²) in [6.45, 7) is 6.42. The molecule has 0 saturated carbocycles. The molecule has 0 fully saturated rings. The minimum Gasteiger partial charge on any atom is -0.478 e. The van der Waals surface area contributed by atoms with Gasteiger partial charge in [-0.2, -0.15) is 0 Å². The van der Waals surface area contributed by atoms with Crippen molar-refractivity contribution in [2.24, 2.45) is 5.92 Å². The number of amides is 1. The molecule has 0 heterocycles. The van der Waals surface area contributed by atoms with Gasteiger partial charge in [-0.05, 0) is 30.9 Å². The Balaban J connectivity index is 1.96. The maximum Gasteiger partial charge on any atom is 0.336 e. The van der Waals surface area contributed by atoms with E-state index in [0.29, 0.717) is 13.2 Å². The number of ether oxygens (including phenoxy) is 1. The van der Waals surface area contributed by atoms with Gasteiger partial charge in [-0.1, -0.05) is 70.9 Å². The lowest BCUT2D eigenvalue weighted by molar-refractivity contribution is 0.0690. The summed E-state index contributed by atoms with van der Waals surface area (Å²) in [6.07, 6.45) is 11.0. The van der Waals surface area contributed by atoms with Gasteiger partial charge in [0, 0.05) is 19.8 Å². The molecule has 1 rings (SSSR count). The molecule has 158 valence electrons. The molecule has 0 aliphatic heterocycles. The molecule has 0 aromatic heterocycles. The van der Waals surface area contributed by atoms with Gasteiger partial charge in [0.2, 0.25) is 0 Å². The van der Waals surface area contributed by atoms with Crippen molar-refractivity contribution in [3.63, 3.8) is 0 Å². The molecule has 0 aliphatic rings. The van der Waals surface area contributed by atoms with Crippen molar-refractivity contribution in [2.75, 3.05) is 19.8 Å². The maximum absolute atomic E-state index is 12.1. The molecule has 0 spiro atoms. The van der Waals surface area contributed by atoms with Crippen LogP contribution in [0.1, 0.15) is 92.4 Å². The van der Waals surface area contributed by atoms with E-state index in [2.05, 4.69) is 19.2 Å². The number of carbonyl (C=O) groups is 2. The number of aromatic carboxylic acids is 1. The van der Waals surface area contributed by atoms with Crippen LogP contribution in [0.5, 0.6) is 0 Å². The fraction of sp³-hybridized carbons (Fsp3) is 0.652. The van der Waals surface area contributed by atoms with Crippen molar-refractivity contribution in [1.82, 2.24) is 5.32 Å². The summed E-state index contributed by atoms with van der Waals surface area (Å²) in [5.74, 6) is -0.623. The first-order chi connectivity index (χ1) is 13.5. The number of rotatable bonds is 16. The highest BCUT2D eigenvalue weighted by atomic mass is 16.5. The fourth-order valence-corrected chi connectivity index (χ4v) is 3.08. The lowest BCUT2D eigenvalue weighted by atomic mass is 10.0. The Bertz CT molecular complexity index is 571. The molecule has 0 saturated heterocycles. The van der Waals surface area contributed by atoms with Crippen molar-refractivity contribution in [2.45, 2.75) is 71.6 Å². The number of hydrogen-bond acceptors (Lipinski definition) is 3. The van der Waals surface area contributed by atoms with Crippen molar-refractivity contribution in [1.29, 1.82) is 0 Å². The summed E-state index contributed by atoms with van der Waals surface area (Å²) in [7, 11) is 0. The molecule has 0 aliphatic carbocycles. The first kappa shape index (κ1) is 24.2. The Hall–Kier alpha value is -1.88. The molecule has 5 nitrogen and oxygen atoms in total. The third-order valence-corrected chi connectivity index (χ3v) is 4.72. The second-order valence-electron chi connectivity index (χ2n) is 7.73. The largest absolute Gasteiger partial charge is 0.478 e. The standard InChI is InChI=1S/C23H37NO4/c1-19(2)13-8-6-4-3-5-7-11-17-28-18-12-16-24-22(25)20-14-9-10-15-21(20)23(26)27/h9-10,14-15,19H,3-8,11-13,16-18H2,1-2H3,(H,24,25)(H,26,27). The highest BCUT2D eigenvalue weighted by Gasteiger charge is 2.14. The Morgan fingerprint density at radius 1 is 0.893 bits per heavy atom. The summed E-state index contributed by atoms with van der Waals surface area (Å²) in [5.41, 5.74) is 0.219. The summed E-state index contributed by atoms with van der Waals surface area (Å²) in [6, 6.07) is 6.24. The zero-order chi connectivity index (χ0) is 20.6. The van der Waals surface area contributed by atoms with Crippen LogP contribution >= 0.6 is 0 Å². The highest BCUT2D eigenvalue weighted by Crippen LogP contribution is 2.12. The van der Waals surface area contributed by atoms with Crippen LogP contribution in [0.25, 0.3) is 0 Å². The van der Waals surface area contributed by atoms with E-state index in [0.717, 1.165) is 25.4 Å².